The number of aromatic carboxylic acids is 1. The summed E-state index contributed by atoms with van der Waals surface area (Å²) < 4.78 is 17.6. The van der Waals surface area contributed by atoms with E-state index in [-0.39, 0.29) is 29.9 Å². The summed E-state index contributed by atoms with van der Waals surface area (Å²) in [6, 6.07) is 18.6. The molecule has 0 aliphatic carbocycles. The Morgan fingerprint density at radius 3 is 2.43 bits per heavy atom. The highest BCUT2D eigenvalue weighted by atomic mass is 35.5. The number of amides is 1. The Morgan fingerprint density at radius 2 is 1.68 bits per heavy atom. The molecule has 194 valence electrons. The van der Waals surface area contributed by atoms with Crippen LogP contribution in [0.25, 0.3) is 0 Å². The Hall–Kier alpha value is -3.42. The molecule has 0 radical (unpaired) electrons. The van der Waals surface area contributed by atoms with Crippen molar-refractivity contribution in [3.05, 3.63) is 87.9 Å². The van der Waals surface area contributed by atoms with Crippen LogP contribution in [0.5, 0.6) is 17.2 Å². The molecule has 0 saturated carbocycles. The SMILES string of the molecule is O=C(O)c1ccc(O[C@H]2CCCN(C(=O)c3cccc(Cl)c3)C2)cc1OCCCOc1ccc(Cl)cc1. The van der Waals surface area contributed by atoms with Crippen LogP contribution in [0.4, 0.5) is 0 Å². The fourth-order valence-corrected chi connectivity index (χ4v) is 4.37. The topological polar surface area (TPSA) is 85.3 Å². The first kappa shape index (κ1) is 26.6. The number of benzene rings is 3. The van der Waals surface area contributed by atoms with Crippen LogP contribution in [0.15, 0.2) is 66.7 Å². The number of piperidine rings is 1. The second-order valence-corrected chi connectivity index (χ2v) is 9.48. The smallest absolute Gasteiger partial charge is 0.339 e. The molecule has 1 saturated heterocycles. The molecule has 1 fully saturated rings. The number of likely N-dealkylation sites (tertiary alicyclic amines) is 1. The second-order valence-electron chi connectivity index (χ2n) is 8.61. The van der Waals surface area contributed by atoms with Gasteiger partial charge in [-0.3, -0.25) is 4.79 Å². The van der Waals surface area contributed by atoms with Crippen LogP contribution in [-0.4, -0.2) is 54.3 Å². The maximum Gasteiger partial charge on any atom is 0.339 e. The number of carbonyl (C=O) groups excluding carboxylic acids is 1. The van der Waals surface area contributed by atoms with Gasteiger partial charge >= 0.3 is 5.97 Å². The van der Waals surface area contributed by atoms with E-state index in [0.717, 1.165) is 12.8 Å². The van der Waals surface area contributed by atoms with Gasteiger partial charge in [-0.1, -0.05) is 29.3 Å². The normalized spacial score (nSPS) is 15.2. The molecular weight excluding hydrogens is 517 g/mol. The van der Waals surface area contributed by atoms with Crippen molar-refractivity contribution in [1.82, 2.24) is 4.90 Å². The predicted octanol–water partition coefficient (Wildman–Crippen LogP) is 6.22. The summed E-state index contributed by atoms with van der Waals surface area (Å²) >= 11 is 11.9. The van der Waals surface area contributed by atoms with E-state index >= 15 is 0 Å². The average Bonchev–Trinajstić information content (AvgIpc) is 2.89. The first-order valence-corrected chi connectivity index (χ1v) is 12.7. The minimum absolute atomic E-state index is 0.0485. The maximum absolute atomic E-state index is 12.9. The lowest BCUT2D eigenvalue weighted by molar-refractivity contribution is 0.0536. The van der Waals surface area contributed by atoms with Crippen molar-refractivity contribution in [3.63, 3.8) is 0 Å². The van der Waals surface area contributed by atoms with Crippen LogP contribution >= 0.6 is 23.2 Å². The highest BCUT2D eigenvalue weighted by Gasteiger charge is 2.26. The minimum Gasteiger partial charge on any atom is -0.493 e. The largest absolute Gasteiger partial charge is 0.493 e. The van der Waals surface area contributed by atoms with Crippen molar-refractivity contribution in [2.24, 2.45) is 0 Å². The number of carboxylic acids is 1. The quantitative estimate of drug-likeness (QED) is 0.305. The molecule has 0 spiro atoms. The molecule has 37 heavy (non-hydrogen) atoms. The lowest BCUT2D eigenvalue weighted by atomic mass is 10.1. The first-order valence-electron chi connectivity index (χ1n) is 12.0. The fourth-order valence-electron chi connectivity index (χ4n) is 4.05. The van der Waals surface area contributed by atoms with Gasteiger partial charge in [-0.25, -0.2) is 4.79 Å². The standard InChI is InChI=1S/C28H27Cl2NO6/c29-20-7-9-22(10-8-20)35-14-3-15-36-26-17-23(11-12-25(26)28(33)34)37-24-6-2-13-31(18-24)27(32)19-4-1-5-21(30)16-19/h1,4-5,7-12,16-17,24H,2-3,6,13-15,18H2,(H,33,34)/t24-/m0/s1. The molecule has 1 aliphatic rings. The molecular formula is C28H27Cl2NO6. The summed E-state index contributed by atoms with van der Waals surface area (Å²) in [5, 5.41) is 10.7. The third-order valence-electron chi connectivity index (χ3n) is 5.85. The highest BCUT2D eigenvalue weighted by molar-refractivity contribution is 6.31. The van der Waals surface area contributed by atoms with Crippen LogP contribution in [-0.2, 0) is 0 Å². The van der Waals surface area contributed by atoms with E-state index < -0.39 is 5.97 Å². The van der Waals surface area contributed by atoms with Crippen molar-refractivity contribution in [3.8, 4) is 17.2 Å². The van der Waals surface area contributed by atoms with E-state index in [4.69, 9.17) is 37.4 Å². The van der Waals surface area contributed by atoms with E-state index in [1.807, 2.05) is 0 Å². The van der Waals surface area contributed by atoms with Gasteiger partial charge in [0.25, 0.3) is 5.91 Å². The van der Waals surface area contributed by atoms with Gasteiger partial charge in [0.1, 0.15) is 28.9 Å². The number of carbonyl (C=O) groups is 2. The number of hydrogen-bond acceptors (Lipinski definition) is 5. The predicted molar refractivity (Wildman–Crippen MR) is 141 cm³/mol. The second kappa shape index (κ2) is 12.7. The molecule has 0 bridgehead atoms. The van der Waals surface area contributed by atoms with Crippen LogP contribution in [0.1, 0.15) is 40.0 Å². The molecule has 0 aromatic heterocycles. The molecule has 1 heterocycles. The van der Waals surface area contributed by atoms with Crippen molar-refractivity contribution in [2.75, 3.05) is 26.3 Å². The number of rotatable bonds is 10. The summed E-state index contributed by atoms with van der Waals surface area (Å²) in [5.41, 5.74) is 0.585. The molecule has 7 nitrogen and oxygen atoms in total. The monoisotopic (exact) mass is 543 g/mol. The zero-order chi connectivity index (χ0) is 26.2. The third kappa shape index (κ3) is 7.54. The van der Waals surface area contributed by atoms with E-state index in [9.17, 15) is 14.7 Å². The Morgan fingerprint density at radius 1 is 0.919 bits per heavy atom. The Balaban J connectivity index is 1.33. The summed E-state index contributed by atoms with van der Waals surface area (Å²) in [4.78, 5) is 26.4. The van der Waals surface area contributed by atoms with Gasteiger partial charge in [0.2, 0.25) is 0 Å². The molecule has 9 heteroatoms. The maximum atomic E-state index is 12.9. The summed E-state index contributed by atoms with van der Waals surface area (Å²) in [6.45, 7) is 1.72. The summed E-state index contributed by atoms with van der Waals surface area (Å²) in [7, 11) is 0. The lowest BCUT2D eigenvalue weighted by Gasteiger charge is -2.33. The molecule has 1 atom stereocenters. The average molecular weight is 544 g/mol. The third-order valence-corrected chi connectivity index (χ3v) is 6.34. The number of carboxylic acid groups (broad SMARTS) is 1. The van der Waals surface area contributed by atoms with Crippen LogP contribution < -0.4 is 14.2 Å². The van der Waals surface area contributed by atoms with Crippen LogP contribution in [0, 0.1) is 0 Å². The Kier molecular flexibility index (Phi) is 9.14. The molecule has 3 aromatic rings. The fraction of sp³-hybridized carbons (Fsp3) is 0.286. The molecule has 1 amide bonds. The van der Waals surface area contributed by atoms with Gasteiger partial charge in [0.05, 0.1) is 19.8 Å². The molecule has 1 aliphatic heterocycles. The molecule has 3 aromatic carbocycles. The zero-order valence-corrected chi connectivity index (χ0v) is 21.6. The van der Waals surface area contributed by atoms with E-state index in [2.05, 4.69) is 0 Å². The number of hydrogen-bond donors (Lipinski definition) is 1. The van der Waals surface area contributed by atoms with Crippen molar-refractivity contribution in [2.45, 2.75) is 25.4 Å². The highest BCUT2D eigenvalue weighted by Crippen LogP contribution is 2.28. The van der Waals surface area contributed by atoms with Gasteiger partial charge in [-0.15, -0.1) is 0 Å². The van der Waals surface area contributed by atoms with Gasteiger partial charge in [0, 0.05) is 34.6 Å². The minimum atomic E-state index is -1.09. The van der Waals surface area contributed by atoms with Crippen molar-refractivity contribution in [1.29, 1.82) is 0 Å². The Labute approximate surface area is 225 Å². The number of halogens is 2. The van der Waals surface area contributed by atoms with Crippen molar-refractivity contribution >= 4 is 35.1 Å². The van der Waals surface area contributed by atoms with E-state index in [1.54, 1.807) is 65.6 Å². The van der Waals surface area contributed by atoms with Crippen molar-refractivity contribution < 1.29 is 28.9 Å². The Bertz CT molecular complexity index is 1230. The number of nitrogens with zero attached hydrogens (tertiary/aromatic N) is 1. The van der Waals surface area contributed by atoms with Gasteiger partial charge in [0.15, 0.2) is 0 Å². The van der Waals surface area contributed by atoms with Crippen LogP contribution in [0.3, 0.4) is 0 Å². The molecule has 0 unspecified atom stereocenters. The van der Waals surface area contributed by atoms with Gasteiger partial charge in [-0.05, 0) is 67.4 Å². The van der Waals surface area contributed by atoms with Crippen LogP contribution in [0.2, 0.25) is 10.0 Å². The van der Waals surface area contributed by atoms with Gasteiger partial charge < -0.3 is 24.2 Å². The number of ether oxygens (including phenoxy) is 3. The molecule has 4 rings (SSSR count). The van der Waals surface area contributed by atoms with E-state index in [1.165, 1.54) is 6.07 Å². The van der Waals surface area contributed by atoms with Gasteiger partial charge in [-0.2, -0.15) is 0 Å². The first-order chi connectivity index (χ1) is 17.9. The zero-order valence-electron chi connectivity index (χ0n) is 20.1. The lowest BCUT2D eigenvalue weighted by Crippen LogP contribution is -2.44. The molecule has 1 N–H and O–H groups in total. The summed E-state index contributed by atoms with van der Waals surface area (Å²) in [6.07, 6.45) is 1.89. The van der Waals surface area contributed by atoms with E-state index in [0.29, 0.717) is 53.2 Å². The summed E-state index contributed by atoms with van der Waals surface area (Å²) in [5.74, 6) is 0.219.